The van der Waals surface area contributed by atoms with E-state index in [1.807, 2.05) is 11.4 Å². The van der Waals surface area contributed by atoms with Crippen molar-refractivity contribution in [3.63, 3.8) is 0 Å². The summed E-state index contributed by atoms with van der Waals surface area (Å²) >= 11 is 4.82. The molecular weight excluding hydrogens is 300 g/mol. The van der Waals surface area contributed by atoms with E-state index >= 15 is 0 Å². The fourth-order valence-electron chi connectivity index (χ4n) is 1.20. The van der Waals surface area contributed by atoms with Crippen LogP contribution in [0.25, 0.3) is 0 Å². The Labute approximate surface area is 102 Å². The lowest BCUT2D eigenvalue weighted by atomic mass is 10.1. The van der Waals surface area contributed by atoms with Crippen LogP contribution in [0.2, 0.25) is 0 Å². The molecule has 1 N–H and O–H groups in total. The summed E-state index contributed by atoms with van der Waals surface area (Å²) < 4.78 is 22.7. The summed E-state index contributed by atoms with van der Waals surface area (Å²) in [5.41, 5.74) is 0.848. The Hall–Kier alpha value is 0.0900. The molecule has 1 rings (SSSR count). The van der Waals surface area contributed by atoms with E-state index in [-0.39, 0.29) is 5.75 Å². The van der Waals surface area contributed by atoms with Crippen LogP contribution in [-0.4, -0.2) is 25.5 Å². The van der Waals surface area contributed by atoms with Crippen LogP contribution in [0.1, 0.15) is 24.5 Å². The molecule has 3 nitrogen and oxygen atoms in total. The molecule has 86 valence electrons. The van der Waals surface area contributed by atoms with Gasteiger partial charge in [0, 0.05) is 12.0 Å². The highest BCUT2D eigenvalue weighted by Gasteiger charge is 2.10. The Bertz CT molecular complexity index is 411. The summed E-state index contributed by atoms with van der Waals surface area (Å²) in [6, 6.07) is 1.86. The molecular formula is C9H13BrO3S2. The van der Waals surface area contributed by atoms with Crippen LogP contribution in [0.5, 0.6) is 0 Å². The molecule has 1 heterocycles. The van der Waals surface area contributed by atoms with Crippen LogP contribution in [0, 0.1) is 0 Å². The molecule has 15 heavy (non-hydrogen) atoms. The monoisotopic (exact) mass is 312 g/mol. The normalized spacial score (nSPS) is 14.1. The molecule has 0 saturated heterocycles. The van der Waals surface area contributed by atoms with Gasteiger partial charge in [0.1, 0.15) is 9.84 Å². The zero-order valence-electron chi connectivity index (χ0n) is 8.31. The van der Waals surface area contributed by atoms with Gasteiger partial charge >= 0.3 is 0 Å². The van der Waals surface area contributed by atoms with Crippen LogP contribution in [0.3, 0.4) is 0 Å². The number of hydrogen-bond donors (Lipinski definition) is 1. The van der Waals surface area contributed by atoms with Crippen LogP contribution in [-0.2, 0) is 9.84 Å². The largest absolute Gasteiger partial charge is 0.388 e. The average molecular weight is 313 g/mol. The van der Waals surface area contributed by atoms with Gasteiger partial charge in [-0.25, -0.2) is 8.42 Å². The molecule has 6 heteroatoms. The first-order valence-corrected chi connectivity index (χ1v) is 8.21. The molecule has 0 aliphatic carbocycles. The summed E-state index contributed by atoms with van der Waals surface area (Å²) in [7, 11) is -2.91. The molecule has 1 aromatic rings. The minimum absolute atomic E-state index is 0.134. The van der Waals surface area contributed by atoms with Gasteiger partial charge in [-0.1, -0.05) is 0 Å². The fraction of sp³-hybridized carbons (Fsp3) is 0.556. The minimum Gasteiger partial charge on any atom is -0.388 e. The average Bonchev–Trinajstić information content (AvgIpc) is 2.49. The van der Waals surface area contributed by atoms with Crippen molar-refractivity contribution < 1.29 is 13.5 Å². The van der Waals surface area contributed by atoms with Crippen molar-refractivity contribution in [1.82, 2.24) is 0 Å². The molecule has 0 bridgehead atoms. The molecule has 0 radical (unpaired) electrons. The second-order valence-electron chi connectivity index (χ2n) is 3.47. The van der Waals surface area contributed by atoms with E-state index in [0.717, 1.165) is 9.35 Å². The highest BCUT2D eigenvalue weighted by atomic mass is 79.9. The summed E-state index contributed by atoms with van der Waals surface area (Å²) in [4.78, 5) is 0. The van der Waals surface area contributed by atoms with Gasteiger partial charge < -0.3 is 5.11 Å². The third-order valence-corrected chi connectivity index (χ3v) is 4.52. The van der Waals surface area contributed by atoms with Crippen LogP contribution < -0.4 is 0 Å². The molecule has 0 saturated carbocycles. The summed E-state index contributed by atoms with van der Waals surface area (Å²) in [6.07, 6.45) is 1.62. The highest BCUT2D eigenvalue weighted by molar-refractivity contribution is 9.11. The lowest BCUT2D eigenvalue weighted by Gasteiger charge is -2.07. The van der Waals surface area contributed by atoms with Crippen molar-refractivity contribution in [2.75, 3.05) is 12.0 Å². The van der Waals surface area contributed by atoms with Gasteiger partial charge in [-0.3, -0.25) is 0 Å². The highest BCUT2D eigenvalue weighted by Crippen LogP contribution is 2.27. The number of halogens is 1. The summed E-state index contributed by atoms with van der Waals surface area (Å²) in [5, 5.41) is 11.6. The first kappa shape index (κ1) is 13.2. The first-order chi connectivity index (χ1) is 6.88. The Kier molecular flexibility index (Phi) is 4.76. The Balaban J connectivity index is 2.40. The van der Waals surface area contributed by atoms with Gasteiger partial charge in [0.15, 0.2) is 0 Å². The number of thiophene rings is 1. The van der Waals surface area contributed by atoms with E-state index in [1.54, 1.807) is 0 Å². The third kappa shape index (κ3) is 5.10. The van der Waals surface area contributed by atoms with E-state index in [9.17, 15) is 13.5 Å². The lowest BCUT2D eigenvalue weighted by Crippen LogP contribution is -2.05. The zero-order valence-corrected chi connectivity index (χ0v) is 11.5. The predicted molar refractivity (Wildman–Crippen MR) is 65.9 cm³/mol. The first-order valence-electron chi connectivity index (χ1n) is 4.48. The Morgan fingerprint density at radius 1 is 1.60 bits per heavy atom. The smallest absolute Gasteiger partial charge is 0.147 e. The van der Waals surface area contributed by atoms with E-state index in [2.05, 4.69) is 15.9 Å². The maximum absolute atomic E-state index is 10.9. The van der Waals surface area contributed by atoms with Crippen molar-refractivity contribution in [2.45, 2.75) is 18.9 Å². The Morgan fingerprint density at radius 2 is 2.27 bits per heavy atom. The van der Waals surface area contributed by atoms with Crippen molar-refractivity contribution >= 4 is 37.1 Å². The van der Waals surface area contributed by atoms with Gasteiger partial charge in [0.25, 0.3) is 0 Å². The second kappa shape index (κ2) is 5.43. The number of rotatable bonds is 5. The summed E-state index contributed by atoms with van der Waals surface area (Å²) in [5.74, 6) is 0.134. The summed E-state index contributed by atoms with van der Waals surface area (Å²) in [6.45, 7) is 0. The standard InChI is InChI=1S/C9H13BrO3S2/c1-15(12,13)4-2-3-8(11)7-5-9(10)14-6-7/h5-6,8,11H,2-4H2,1H3. The molecule has 0 fully saturated rings. The third-order valence-electron chi connectivity index (χ3n) is 1.97. The minimum atomic E-state index is -2.91. The molecule has 0 aliphatic rings. The molecule has 1 atom stereocenters. The van der Waals surface area contributed by atoms with Crippen LogP contribution in [0.4, 0.5) is 0 Å². The van der Waals surface area contributed by atoms with Gasteiger partial charge in [0.05, 0.1) is 9.89 Å². The van der Waals surface area contributed by atoms with Gasteiger partial charge in [-0.05, 0) is 45.8 Å². The molecule has 0 aromatic carbocycles. The molecule has 0 spiro atoms. The SMILES string of the molecule is CS(=O)(=O)CCCC(O)c1csc(Br)c1. The van der Waals surface area contributed by atoms with Crippen molar-refractivity contribution in [3.8, 4) is 0 Å². The van der Waals surface area contributed by atoms with Crippen molar-refractivity contribution in [2.24, 2.45) is 0 Å². The van der Waals surface area contributed by atoms with Gasteiger partial charge in [-0.15, -0.1) is 11.3 Å². The van der Waals surface area contributed by atoms with Gasteiger partial charge in [0.2, 0.25) is 0 Å². The second-order valence-corrected chi connectivity index (χ2v) is 8.02. The fourth-order valence-corrected chi connectivity index (χ4v) is 3.12. The van der Waals surface area contributed by atoms with Gasteiger partial charge in [-0.2, -0.15) is 0 Å². The van der Waals surface area contributed by atoms with E-state index in [1.165, 1.54) is 17.6 Å². The number of aliphatic hydroxyl groups excluding tert-OH is 1. The van der Waals surface area contributed by atoms with Crippen molar-refractivity contribution in [3.05, 3.63) is 20.8 Å². The number of sulfone groups is 1. The predicted octanol–water partition coefficient (Wildman–Crippen LogP) is 2.37. The quantitative estimate of drug-likeness (QED) is 0.908. The molecule has 1 unspecified atom stereocenters. The maximum atomic E-state index is 10.9. The Morgan fingerprint density at radius 3 is 2.73 bits per heavy atom. The molecule has 0 amide bonds. The number of aliphatic hydroxyl groups is 1. The topological polar surface area (TPSA) is 54.4 Å². The van der Waals surface area contributed by atoms with E-state index < -0.39 is 15.9 Å². The molecule has 0 aliphatic heterocycles. The van der Waals surface area contributed by atoms with Crippen molar-refractivity contribution in [1.29, 1.82) is 0 Å². The molecule has 1 aromatic heterocycles. The van der Waals surface area contributed by atoms with Crippen LogP contribution >= 0.6 is 27.3 Å². The lowest BCUT2D eigenvalue weighted by molar-refractivity contribution is 0.167. The number of hydrogen-bond acceptors (Lipinski definition) is 4. The maximum Gasteiger partial charge on any atom is 0.147 e. The zero-order chi connectivity index (χ0) is 11.5. The van der Waals surface area contributed by atoms with Crippen LogP contribution in [0.15, 0.2) is 15.2 Å². The van der Waals surface area contributed by atoms with E-state index in [0.29, 0.717) is 12.8 Å². The van der Waals surface area contributed by atoms with E-state index in [4.69, 9.17) is 0 Å².